The van der Waals surface area contributed by atoms with E-state index in [0.29, 0.717) is 25.5 Å². The van der Waals surface area contributed by atoms with Gasteiger partial charge in [0, 0.05) is 31.1 Å². The van der Waals surface area contributed by atoms with Crippen LogP contribution >= 0.6 is 11.3 Å². The largest absolute Gasteiger partial charge is 0.486 e. The average Bonchev–Trinajstić information content (AvgIpc) is 3.24. The number of nitrogens with zero attached hydrogens (tertiary/aromatic N) is 3. The molecule has 3 aromatic rings. The van der Waals surface area contributed by atoms with Crippen LogP contribution in [0.1, 0.15) is 10.5 Å². The van der Waals surface area contributed by atoms with Crippen LogP contribution < -0.4 is 19.3 Å². The van der Waals surface area contributed by atoms with Crippen molar-refractivity contribution >= 4 is 28.6 Å². The first-order valence-corrected chi connectivity index (χ1v) is 10.1. The third-order valence-electron chi connectivity index (χ3n) is 5.00. The molecule has 142 valence electrons. The maximum Gasteiger partial charge on any atom is 0.277 e. The zero-order chi connectivity index (χ0) is 19.1. The van der Waals surface area contributed by atoms with E-state index in [1.165, 1.54) is 11.3 Å². The van der Waals surface area contributed by atoms with Gasteiger partial charge in [-0.25, -0.2) is 4.98 Å². The maximum absolute atomic E-state index is 13.2. The SMILES string of the molecule is CN1CCN(C(=O)c2csc(-c3ccc4c(c3)OCCO4)n2)c2ccccc21. The fraction of sp³-hybridized carbons (Fsp3) is 0.238. The van der Waals surface area contributed by atoms with Crippen molar-refractivity contribution in [1.29, 1.82) is 0 Å². The van der Waals surface area contributed by atoms with Crippen molar-refractivity contribution in [3.05, 3.63) is 53.5 Å². The Morgan fingerprint density at radius 1 is 1.04 bits per heavy atom. The number of benzene rings is 2. The molecule has 0 atom stereocenters. The molecule has 1 amide bonds. The summed E-state index contributed by atoms with van der Waals surface area (Å²) in [4.78, 5) is 21.8. The van der Waals surface area contributed by atoms with Crippen molar-refractivity contribution in [2.24, 2.45) is 0 Å². The Balaban J connectivity index is 1.44. The number of hydrogen-bond donors (Lipinski definition) is 0. The minimum Gasteiger partial charge on any atom is -0.486 e. The number of thiazole rings is 1. The van der Waals surface area contributed by atoms with Gasteiger partial charge < -0.3 is 19.3 Å². The van der Waals surface area contributed by atoms with E-state index in [-0.39, 0.29) is 5.91 Å². The molecule has 0 spiro atoms. The number of rotatable bonds is 2. The molecule has 5 rings (SSSR count). The standard InChI is InChI=1S/C21H19N3O3S/c1-23-8-9-24(17-5-3-2-4-16(17)23)21(25)15-13-28-20(22-15)14-6-7-18-19(12-14)27-11-10-26-18/h2-7,12-13H,8-11H2,1H3. The Hall–Kier alpha value is -3.06. The van der Waals surface area contributed by atoms with Gasteiger partial charge in [0.1, 0.15) is 23.9 Å². The van der Waals surface area contributed by atoms with Crippen LogP contribution in [0.5, 0.6) is 11.5 Å². The zero-order valence-electron chi connectivity index (χ0n) is 15.4. The maximum atomic E-state index is 13.2. The fourth-order valence-corrected chi connectivity index (χ4v) is 4.33. The van der Waals surface area contributed by atoms with Crippen LogP contribution in [0.25, 0.3) is 10.6 Å². The zero-order valence-corrected chi connectivity index (χ0v) is 16.2. The molecule has 0 bridgehead atoms. The second kappa shape index (κ2) is 6.83. The summed E-state index contributed by atoms with van der Waals surface area (Å²) in [6.45, 7) is 2.54. The van der Waals surface area contributed by atoms with E-state index in [1.807, 2.05) is 59.8 Å². The molecule has 2 aliphatic rings. The Kier molecular flexibility index (Phi) is 4.16. The van der Waals surface area contributed by atoms with E-state index in [4.69, 9.17) is 9.47 Å². The number of likely N-dealkylation sites (N-methyl/N-ethyl adjacent to an activating group) is 1. The normalized spacial score (nSPS) is 15.3. The average molecular weight is 393 g/mol. The van der Waals surface area contributed by atoms with Crippen LogP contribution in [-0.2, 0) is 0 Å². The summed E-state index contributed by atoms with van der Waals surface area (Å²) in [5.74, 6) is 1.40. The van der Waals surface area contributed by atoms with Crippen molar-refractivity contribution in [2.45, 2.75) is 0 Å². The number of para-hydroxylation sites is 2. The third-order valence-corrected chi connectivity index (χ3v) is 5.89. The summed E-state index contributed by atoms with van der Waals surface area (Å²) < 4.78 is 11.2. The first kappa shape index (κ1) is 17.1. The number of carbonyl (C=O) groups is 1. The molecule has 1 aromatic heterocycles. The second-order valence-electron chi connectivity index (χ2n) is 6.76. The van der Waals surface area contributed by atoms with Gasteiger partial charge in [0.2, 0.25) is 0 Å². The summed E-state index contributed by atoms with van der Waals surface area (Å²) in [6, 6.07) is 13.7. The van der Waals surface area contributed by atoms with Gasteiger partial charge in [-0.1, -0.05) is 12.1 Å². The van der Waals surface area contributed by atoms with Gasteiger partial charge in [0.15, 0.2) is 11.5 Å². The molecule has 0 aliphatic carbocycles. The number of hydrogen-bond acceptors (Lipinski definition) is 6. The van der Waals surface area contributed by atoms with Gasteiger partial charge in [-0.15, -0.1) is 11.3 Å². The van der Waals surface area contributed by atoms with Gasteiger partial charge in [0.25, 0.3) is 5.91 Å². The lowest BCUT2D eigenvalue weighted by Crippen LogP contribution is -2.42. The number of ether oxygens (including phenoxy) is 2. The summed E-state index contributed by atoms with van der Waals surface area (Å²) in [7, 11) is 2.05. The predicted molar refractivity (Wildman–Crippen MR) is 110 cm³/mol. The van der Waals surface area contributed by atoms with Crippen LogP contribution in [0.3, 0.4) is 0 Å². The highest BCUT2D eigenvalue weighted by atomic mass is 32.1. The molecule has 0 radical (unpaired) electrons. The Labute approximate surface area is 166 Å². The molecule has 7 heteroatoms. The van der Waals surface area contributed by atoms with E-state index in [0.717, 1.165) is 40.0 Å². The molecule has 0 fully saturated rings. The van der Waals surface area contributed by atoms with Crippen LogP contribution in [0.2, 0.25) is 0 Å². The lowest BCUT2D eigenvalue weighted by molar-refractivity contribution is 0.0982. The van der Waals surface area contributed by atoms with Crippen molar-refractivity contribution in [3.63, 3.8) is 0 Å². The lowest BCUT2D eigenvalue weighted by atomic mass is 10.1. The molecule has 2 aromatic carbocycles. The quantitative estimate of drug-likeness (QED) is 0.665. The number of aromatic nitrogens is 1. The summed E-state index contributed by atoms with van der Waals surface area (Å²) in [6.07, 6.45) is 0. The van der Waals surface area contributed by atoms with Gasteiger partial charge in [-0.3, -0.25) is 4.79 Å². The minimum atomic E-state index is -0.0689. The van der Waals surface area contributed by atoms with Crippen molar-refractivity contribution in [2.75, 3.05) is 43.2 Å². The molecule has 6 nitrogen and oxygen atoms in total. The molecule has 0 N–H and O–H groups in total. The van der Waals surface area contributed by atoms with Crippen LogP contribution in [0.15, 0.2) is 47.8 Å². The van der Waals surface area contributed by atoms with Gasteiger partial charge in [-0.05, 0) is 30.3 Å². The van der Waals surface area contributed by atoms with E-state index in [9.17, 15) is 4.79 Å². The highest BCUT2D eigenvalue weighted by molar-refractivity contribution is 7.13. The number of anilines is 2. The van der Waals surface area contributed by atoms with Crippen molar-refractivity contribution in [1.82, 2.24) is 4.98 Å². The molecule has 0 saturated heterocycles. The highest BCUT2D eigenvalue weighted by Gasteiger charge is 2.27. The fourth-order valence-electron chi connectivity index (χ4n) is 3.54. The minimum absolute atomic E-state index is 0.0689. The van der Waals surface area contributed by atoms with Crippen LogP contribution in [-0.4, -0.2) is 44.2 Å². The number of amides is 1. The highest BCUT2D eigenvalue weighted by Crippen LogP contribution is 2.36. The van der Waals surface area contributed by atoms with E-state index >= 15 is 0 Å². The molecule has 28 heavy (non-hydrogen) atoms. The summed E-state index contributed by atoms with van der Waals surface area (Å²) in [5, 5.41) is 2.62. The monoisotopic (exact) mass is 393 g/mol. The second-order valence-corrected chi connectivity index (χ2v) is 7.62. The van der Waals surface area contributed by atoms with E-state index < -0.39 is 0 Å². The topological polar surface area (TPSA) is 54.9 Å². The first-order valence-electron chi connectivity index (χ1n) is 9.18. The molecule has 2 aliphatic heterocycles. The Morgan fingerprint density at radius 2 is 1.82 bits per heavy atom. The number of fused-ring (bicyclic) bond motifs is 2. The molecule has 3 heterocycles. The van der Waals surface area contributed by atoms with E-state index in [2.05, 4.69) is 9.88 Å². The molecular formula is C21H19N3O3S. The van der Waals surface area contributed by atoms with Gasteiger partial charge in [0.05, 0.1) is 11.4 Å². The van der Waals surface area contributed by atoms with Gasteiger partial charge in [-0.2, -0.15) is 0 Å². The third kappa shape index (κ3) is 2.88. The molecule has 0 saturated carbocycles. The van der Waals surface area contributed by atoms with Crippen molar-refractivity contribution < 1.29 is 14.3 Å². The summed E-state index contributed by atoms with van der Waals surface area (Å²) in [5.41, 5.74) is 3.38. The van der Waals surface area contributed by atoms with E-state index in [1.54, 1.807) is 0 Å². The van der Waals surface area contributed by atoms with Crippen molar-refractivity contribution in [3.8, 4) is 22.1 Å². The molecular weight excluding hydrogens is 374 g/mol. The number of carbonyl (C=O) groups excluding carboxylic acids is 1. The van der Waals surface area contributed by atoms with Crippen LogP contribution in [0.4, 0.5) is 11.4 Å². The summed E-state index contributed by atoms with van der Waals surface area (Å²) >= 11 is 1.46. The Morgan fingerprint density at radius 3 is 2.68 bits per heavy atom. The predicted octanol–water partition coefficient (Wildman–Crippen LogP) is 3.68. The van der Waals surface area contributed by atoms with Crippen LogP contribution in [0, 0.1) is 0 Å². The van der Waals surface area contributed by atoms with Gasteiger partial charge >= 0.3 is 0 Å². The first-order chi connectivity index (χ1) is 13.7. The lowest BCUT2D eigenvalue weighted by Gasteiger charge is -2.35. The molecule has 0 unspecified atom stereocenters. The smallest absolute Gasteiger partial charge is 0.277 e. The Bertz CT molecular complexity index is 1050.